The summed E-state index contributed by atoms with van der Waals surface area (Å²) >= 11 is 0. The summed E-state index contributed by atoms with van der Waals surface area (Å²) in [5.41, 5.74) is 1.38. The van der Waals surface area contributed by atoms with Crippen molar-refractivity contribution < 1.29 is 13.9 Å². The zero-order valence-electron chi connectivity index (χ0n) is 18.2. The number of nitrogens with one attached hydrogen (secondary N) is 1. The van der Waals surface area contributed by atoms with Crippen LogP contribution >= 0.6 is 0 Å². The molecular weight excluding hydrogens is 406 g/mol. The quantitative estimate of drug-likeness (QED) is 0.599. The average molecular weight is 434 g/mol. The van der Waals surface area contributed by atoms with E-state index in [2.05, 4.69) is 20.3 Å². The number of ether oxygens (including phenoxy) is 1. The molecule has 0 radical (unpaired) electrons. The number of rotatable bonds is 7. The second-order valence-corrected chi connectivity index (χ2v) is 8.26. The van der Waals surface area contributed by atoms with Crippen molar-refractivity contribution >= 4 is 11.7 Å². The van der Waals surface area contributed by atoms with Gasteiger partial charge < -0.3 is 19.4 Å². The molecule has 2 aliphatic rings. The topological polar surface area (TPSA) is 93.4 Å². The normalized spacial score (nSPS) is 16.7. The number of benzene rings is 1. The van der Waals surface area contributed by atoms with Crippen LogP contribution in [0.1, 0.15) is 54.8 Å². The Morgan fingerprint density at radius 3 is 2.66 bits per heavy atom. The molecule has 1 amide bonds. The largest absolute Gasteiger partial charge is 0.478 e. The lowest BCUT2D eigenvalue weighted by Crippen LogP contribution is -2.42. The molecule has 2 aromatic heterocycles. The van der Waals surface area contributed by atoms with Crippen LogP contribution in [0.4, 0.5) is 5.82 Å². The van der Waals surface area contributed by atoms with Crippen molar-refractivity contribution in [3.63, 3.8) is 0 Å². The van der Waals surface area contributed by atoms with Crippen molar-refractivity contribution in [2.45, 2.75) is 44.6 Å². The van der Waals surface area contributed by atoms with Gasteiger partial charge in [0, 0.05) is 36.7 Å². The minimum absolute atomic E-state index is 0.0306. The van der Waals surface area contributed by atoms with Gasteiger partial charge in [-0.3, -0.25) is 4.79 Å². The molecule has 1 saturated carbocycles. The van der Waals surface area contributed by atoms with Gasteiger partial charge in [-0.25, -0.2) is 15.0 Å². The van der Waals surface area contributed by atoms with Gasteiger partial charge in [0.25, 0.3) is 5.91 Å². The van der Waals surface area contributed by atoms with Crippen LogP contribution in [-0.2, 0) is 0 Å². The van der Waals surface area contributed by atoms with Gasteiger partial charge in [0.15, 0.2) is 5.69 Å². The monoisotopic (exact) mass is 433 g/mol. The summed E-state index contributed by atoms with van der Waals surface area (Å²) in [6, 6.07) is 11.8. The van der Waals surface area contributed by atoms with E-state index in [1.165, 1.54) is 6.33 Å². The van der Waals surface area contributed by atoms with Crippen LogP contribution in [0.3, 0.4) is 0 Å². The van der Waals surface area contributed by atoms with E-state index in [-0.39, 0.29) is 11.9 Å². The first kappa shape index (κ1) is 20.5. The number of hydrogen-bond acceptors (Lipinski definition) is 7. The van der Waals surface area contributed by atoms with Crippen molar-refractivity contribution in [3.8, 4) is 17.3 Å². The van der Waals surface area contributed by atoms with Crippen molar-refractivity contribution in [1.82, 2.24) is 19.9 Å². The van der Waals surface area contributed by atoms with Crippen LogP contribution in [-0.4, -0.2) is 51.5 Å². The average Bonchev–Trinajstić information content (AvgIpc) is 3.58. The Balaban J connectivity index is 1.25. The molecule has 8 nitrogen and oxygen atoms in total. The third-order valence-corrected chi connectivity index (χ3v) is 5.89. The lowest BCUT2D eigenvalue weighted by molar-refractivity contribution is 0.0711. The Morgan fingerprint density at radius 2 is 1.94 bits per heavy atom. The summed E-state index contributed by atoms with van der Waals surface area (Å²) in [6.07, 6.45) is 5.28. The van der Waals surface area contributed by atoms with E-state index in [9.17, 15) is 4.79 Å². The minimum atomic E-state index is -0.0306. The number of oxazole rings is 1. The second-order valence-electron chi connectivity index (χ2n) is 8.26. The van der Waals surface area contributed by atoms with Crippen molar-refractivity contribution in [3.05, 3.63) is 54.2 Å². The maximum atomic E-state index is 13.3. The summed E-state index contributed by atoms with van der Waals surface area (Å²) in [4.78, 5) is 28.2. The molecule has 8 heteroatoms. The SMILES string of the molecule is CCOc1cc(NC2CCN(C(=O)c3nc(-c4ccccc4)oc3C3CC3)CC2)ncn1. The van der Waals surface area contributed by atoms with Gasteiger partial charge in [0.05, 0.1) is 6.61 Å². The zero-order chi connectivity index (χ0) is 21.9. The molecule has 32 heavy (non-hydrogen) atoms. The highest BCUT2D eigenvalue weighted by Crippen LogP contribution is 2.43. The lowest BCUT2D eigenvalue weighted by atomic mass is 10.0. The molecule has 0 spiro atoms. The predicted octanol–water partition coefficient (Wildman–Crippen LogP) is 4.12. The minimum Gasteiger partial charge on any atom is -0.478 e. The maximum Gasteiger partial charge on any atom is 0.276 e. The number of piperidine rings is 1. The van der Waals surface area contributed by atoms with Crippen molar-refractivity contribution in [2.75, 3.05) is 25.0 Å². The molecule has 5 rings (SSSR count). The summed E-state index contributed by atoms with van der Waals surface area (Å²) in [7, 11) is 0. The van der Waals surface area contributed by atoms with Gasteiger partial charge in [0.1, 0.15) is 17.9 Å². The number of amides is 1. The van der Waals surface area contributed by atoms with E-state index >= 15 is 0 Å². The first-order chi connectivity index (χ1) is 15.7. The van der Waals surface area contributed by atoms with Crippen LogP contribution in [0.15, 0.2) is 47.1 Å². The lowest BCUT2D eigenvalue weighted by Gasteiger charge is -2.32. The molecule has 1 aliphatic carbocycles. The number of likely N-dealkylation sites (tertiary alicyclic amines) is 1. The molecule has 1 saturated heterocycles. The Bertz CT molecular complexity index is 1070. The third-order valence-electron chi connectivity index (χ3n) is 5.89. The standard InChI is InChI=1S/C24H27N5O3/c1-2-31-20-14-19(25-15-26-20)27-18-10-12-29(13-11-18)24(30)21-22(16-8-9-16)32-23(28-21)17-6-4-3-5-7-17/h3-7,14-16,18H,2,8-13H2,1H3,(H,25,26,27). The Morgan fingerprint density at radius 1 is 1.16 bits per heavy atom. The van der Waals surface area contributed by atoms with Crippen LogP contribution in [0.2, 0.25) is 0 Å². The van der Waals surface area contributed by atoms with Crippen molar-refractivity contribution in [2.24, 2.45) is 0 Å². The van der Waals surface area contributed by atoms with E-state index < -0.39 is 0 Å². The van der Waals surface area contributed by atoms with Gasteiger partial charge in [-0.2, -0.15) is 0 Å². The summed E-state index contributed by atoms with van der Waals surface area (Å²) in [5, 5.41) is 3.44. The summed E-state index contributed by atoms with van der Waals surface area (Å²) < 4.78 is 11.5. The highest BCUT2D eigenvalue weighted by Gasteiger charge is 2.36. The van der Waals surface area contributed by atoms with Crippen LogP contribution < -0.4 is 10.1 Å². The number of nitrogens with zero attached hydrogens (tertiary/aromatic N) is 4. The summed E-state index contributed by atoms with van der Waals surface area (Å²) in [6.45, 7) is 3.82. The van der Waals surface area contributed by atoms with Crippen LogP contribution in [0.25, 0.3) is 11.5 Å². The smallest absolute Gasteiger partial charge is 0.276 e. The molecule has 1 aromatic carbocycles. The fraction of sp³-hybridized carbons (Fsp3) is 0.417. The number of hydrogen-bond donors (Lipinski definition) is 1. The molecule has 0 bridgehead atoms. The molecule has 166 valence electrons. The van der Waals surface area contributed by atoms with Gasteiger partial charge in [-0.15, -0.1) is 0 Å². The number of carbonyl (C=O) groups excluding carboxylic acids is 1. The Labute approximate surface area is 187 Å². The van der Waals surface area contributed by atoms with E-state index in [0.717, 1.165) is 42.8 Å². The van der Waals surface area contributed by atoms with E-state index in [1.54, 1.807) is 0 Å². The highest BCUT2D eigenvalue weighted by atomic mass is 16.5. The van der Waals surface area contributed by atoms with E-state index in [1.807, 2.05) is 48.2 Å². The second kappa shape index (κ2) is 8.98. The maximum absolute atomic E-state index is 13.3. The first-order valence-corrected chi connectivity index (χ1v) is 11.3. The molecule has 3 heterocycles. The fourth-order valence-electron chi connectivity index (χ4n) is 4.04. The molecular formula is C24H27N5O3. The Kier molecular flexibility index (Phi) is 5.75. The predicted molar refractivity (Wildman–Crippen MR) is 120 cm³/mol. The fourth-order valence-corrected chi connectivity index (χ4v) is 4.04. The molecule has 1 aliphatic heterocycles. The van der Waals surface area contributed by atoms with Crippen LogP contribution in [0.5, 0.6) is 5.88 Å². The van der Waals surface area contributed by atoms with E-state index in [0.29, 0.717) is 43.1 Å². The molecule has 1 N–H and O–H groups in total. The number of carbonyl (C=O) groups is 1. The molecule has 3 aromatic rings. The highest BCUT2D eigenvalue weighted by molar-refractivity contribution is 5.94. The number of anilines is 1. The van der Waals surface area contributed by atoms with Crippen LogP contribution in [0, 0.1) is 0 Å². The zero-order valence-corrected chi connectivity index (χ0v) is 18.2. The van der Waals surface area contributed by atoms with Gasteiger partial charge in [-0.05, 0) is 44.7 Å². The van der Waals surface area contributed by atoms with Crippen molar-refractivity contribution in [1.29, 1.82) is 0 Å². The van der Waals surface area contributed by atoms with Gasteiger partial charge >= 0.3 is 0 Å². The summed E-state index contributed by atoms with van der Waals surface area (Å²) in [5.74, 6) is 2.87. The first-order valence-electron chi connectivity index (χ1n) is 11.3. The molecule has 0 unspecified atom stereocenters. The molecule has 0 atom stereocenters. The van der Waals surface area contributed by atoms with Gasteiger partial charge in [-0.1, -0.05) is 18.2 Å². The Hall–Kier alpha value is -3.42. The third kappa shape index (κ3) is 4.44. The van der Waals surface area contributed by atoms with E-state index in [4.69, 9.17) is 9.15 Å². The number of aromatic nitrogens is 3. The van der Waals surface area contributed by atoms with Gasteiger partial charge in [0.2, 0.25) is 11.8 Å². The molecule has 2 fully saturated rings.